The fourth-order valence-electron chi connectivity index (χ4n) is 3.10. The molecule has 0 saturated heterocycles. The number of carbonyl (C=O) groups excluding carboxylic acids is 1. The summed E-state index contributed by atoms with van der Waals surface area (Å²) in [5.41, 5.74) is 0.948. The summed E-state index contributed by atoms with van der Waals surface area (Å²) in [6, 6.07) is 8.23. The Labute approximate surface area is 161 Å². The third-order valence-electron chi connectivity index (χ3n) is 4.43. The fourth-order valence-corrected chi connectivity index (χ4v) is 3.72. The maximum atomic E-state index is 12.2. The monoisotopic (exact) mass is 372 g/mol. The minimum atomic E-state index is -0.106. The normalized spacial score (nSPS) is 15.6. The van der Waals surface area contributed by atoms with Crippen LogP contribution in [0.3, 0.4) is 0 Å². The second-order valence-electron chi connectivity index (χ2n) is 7.65. The van der Waals surface area contributed by atoms with Crippen molar-refractivity contribution in [2.45, 2.75) is 69.2 Å². The van der Waals surface area contributed by atoms with Crippen LogP contribution in [0.5, 0.6) is 5.75 Å². The Hall–Kier alpha value is -1.93. The van der Waals surface area contributed by atoms with Crippen molar-refractivity contribution in [3.8, 4) is 11.8 Å². The molecule has 1 fully saturated rings. The Bertz CT molecular complexity index is 680. The van der Waals surface area contributed by atoms with E-state index < -0.39 is 0 Å². The lowest BCUT2D eigenvalue weighted by molar-refractivity contribution is -0.124. The van der Waals surface area contributed by atoms with Crippen LogP contribution >= 0.6 is 11.8 Å². The highest BCUT2D eigenvalue weighted by molar-refractivity contribution is 8.02. The van der Waals surface area contributed by atoms with Crippen molar-refractivity contribution < 1.29 is 9.53 Å². The molecule has 0 spiro atoms. The summed E-state index contributed by atoms with van der Waals surface area (Å²) in [6.45, 7) is 6.41. The molecular formula is C21H28N2O2S. The smallest absolute Gasteiger partial charge is 0.258 e. The van der Waals surface area contributed by atoms with Gasteiger partial charge in [-0.25, -0.2) is 0 Å². The van der Waals surface area contributed by atoms with E-state index in [1.807, 2.05) is 18.2 Å². The van der Waals surface area contributed by atoms with Gasteiger partial charge in [0.15, 0.2) is 6.61 Å². The lowest BCUT2D eigenvalue weighted by Gasteiger charge is -2.25. The molecule has 1 aromatic carbocycles. The first kappa shape index (κ1) is 20.4. The Kier molecular flexibility index (Phi) is 7.59. The molecule has 0 aliphatic heterocycles. The van der Waals surface area contributed by atoms with Crippen LogP contribution in [-0.4, -0.2) is 18.6 Å². The van der Waals surface area contributed by atoms with Gasteiger partial charge in [0.25, 0.3) is 5.91 Å². The molecule has 1 aromatic rings. The molecule has 2 rings (SSSR count). The number of hydrogen-bond donors (Lipinski definition) is 1. The highest BCUT2D eigenvalue weighted by Gasteiger charge is 2.21. The number of hydrogen-bond acceptors (Lipinski definition) is 4. The second kappa shape index (κ2) is 9.68. The number of nitrogens with one attached hydrogen (secondary N) is 1. The highest BCUT2D eigenvalue weighted by atomic mass is 32.2. The van der Waals surface area contributed by atoms with Gasteiger partial charge in [0, 0.05) is 22.6 Å². The standard InChI is InChI=1S/C21H28N2O2S/c1-21(2,3)18-14-17(26-13-7-12-22)10-11-19(18)25-15-20(24)23-16-8-5-4-6-9-16/h7,10-11,13-14,16H,4-6,8-9,15H2,1-3H3,(H,23,24)/b13-7+. The largest absolute Gasteiger partial charge is 0.483 e. The van der Waals surface area contributed by atoms with E-state index in [2.05, 4.69) is 32.2 Å². The van der Waals surface area contributed by atoms with E-state index in [0.29, 0.717) is 6.04 Å². The summed E-state index contributed by atoms with van der Waals surface area (Å²) >= 11 is 1.49. The fraction of sp³-hybridized carbons (Fsp3) is 0.524. The molecule has 1 aliphatic rings. The van der Waals surface area contributed by atoms with Crippen molar-refractivity contribution in [2.24, 2.45) is 0 Å². The van der Waals surface area contributed by atoms with Crippen LogP contribution in [0.2, 0.25) is 0 Å². The molecule has 0 radical (unpaired) electrons. The number of rotatable bonds is 6. The summed E-state index contributed by atoms with van der Waals surface area (Å²) in [5.74, 6) is 0.692. The number of nitriles is 1. The zero-order chi connectivity index (χ0) is 19.0. The van der Waals surface area contributed by atoms with Crippen molar-refractivity contribution in [3.63, 3.8) is 0 Å². The number of amides is 1. The zero-order valence-corrected chi connectivity index (χ0v) is 16.7. The van der Waals surface area contributed by atoms with Gasteiger partial charge < -0.3 is 10.1 Å². The number of thioether (sulfide) groups is 1. The molecule has 0 heterocycles. The Balaban J connectivity index is 2.01. The van der Waals surface area contributed by atoms with Crippen molar-refractivity contribution in [1.82, 2.24) is 5.32 Å². The molecule has 0 unspecified atom stereocenters. The molecule has 0 atom stereocenters. The van der Waals surface area contributed by atoms with Gasteiger partial charge in [-0.2, -0.15) is 5.26 Å². The molecule has 0 aromatic heterocycles. The molecular weight excluding hydrogens is 344 g/mol. The molecule has 5 heteroatoms. The lowest BCUT2D eigenvalue weighted by atomic mass is 9.86. The van der Waals surface area contributed by atoms with Crippen molar-refractivity contribution in [2.75, 3.05) is 6.61 Å². The molecule has 4 nitrogen and oxygen atoms in total. The summed E-state index contributed by atoms with van der Waals surface area (Å²) < 4.78 is 5.86. The topological polar surface area (TPSA) is 62.1 Å². The van der Waals surface area contributed by atoms with Crippen LogP contribution in [0, 0.1) is 11.3 Å². The van der Waals surface area contributed by atoms with Gasteiger partial charge in [0.05, 0.1) is 6.07 Å². The number of carbonyl (C=O) groups is 1. The second-order valence-corrected chi connectivity index (χ2v) is 8.63. The maximum absolute atomic E-state index is 12.2. The third-order valence-corrected chi connectivity index (χ3v) is 5.23. The molecule has 1 aliphatic carbocycles. The van der Waals surface area contributed by atoms with Gasteiger partial charge in [-0.1, -0.05) is 51.8 Å². The van der Waals surface area contributed by atoms with Crippen LogP contribution in [0.25, 0.3) is 0 Å². The molecule has 1 saturated carbocycles. The Morgan fingerprint density at radius 1 is 1.35 bits per heavy atom. The van der Waals surface area contributed by atoms with Crippen molar-refractivity contribution in [1.29, 1.82) is 5.26 Å². The van der Waals surface area contributed by atoms with Gasteiger partial charge in [-0.3, -0.25) is 4.79 Å². The first-order valence-electron chi connectivity index (χ1n) is 9.18. The van der Waals surface area contributed by atoms with Crippen LogP contribution in [-0.2, 0) is 10.2 Å². The number of benzene rings is 1. The van der Waals surface area contributed by atoms with Crippen molar-refractivity contribution >= 4 is 17.7 Å². The van der Waals surface area contributed by atoms with E-state index in [9.17, 15) is 4.79 Å². The molecule has 1 amide bonds. The zero-order valence-electron chi connectivity index (χ0n) is 15.9. The van der Waals surface area contributed by atoms with E-state index in [0.717, 1.165) is 29.1 Å². The number of ether oxygens (including phenoxy) is 1. The highest BCUT2D eigenvalue weighted by Crippen LogP contribution is 2.35. The average Bonchev–Trinajstić information content (AvgIpc) is 2.61. The minimum Gasteiger partial charge on any atom is -0.483 e. The first-order chi connectivity index (χ1) is 12.4. The van der Waals surface area contributed by atoms with E-state index in [1.54, 1.807) is 5.41 Å². The maximum Gasteiger partial charge on any atom is 0.258 e. The van der Waals surface area contributed by atoms with Crippen LogP contribution in [0.1, 0.15) is 58.4 Å². The molecule has 0 bridgehead atoms. The van der Waals surface area contributed by atoms with Crippen molar-refractivity contribution in [3.05, 3.63) is 35.2 Å². The SMILES string of the molecule is CC(C)(C)c1cc(S/C=C/C#N)ccc1OCC(=O)NC1CCCCC1. The van der Waals surface area contributed by atoms with Gasteiger partial charge in [-0.15, -0.1) is 0 Å². The number of nitrogens with zero attached hydrogens (tertiary/aromatic N) is 1. The molecule has 140 valence electrons. The Morgan fingerprint density at radius 2 is 2.08 bits per heavy atom. The van der Waals surface area contributed by atoms with E-state index in [1.165, 1.54) is 37.1 Å². The summed E-state index contributed by atoms with van der Waals surface area (Å²) in [4.78, 5) is 13.2. The summed E-state index contributed by atoms with van der Waals surface area (Å²) in [6.07, 6.45) is 7.26. The summed E-state index contributed by atoms with van der Waals surface area (Å²) in [7, 11) is 0. The van der Waals surface area contributed by atoms with E-state index in [-0.39, 0.29) is 17.9 Å². The minimum absolute atomic E-state index is 0.0421. The van der Waals surface area contributed by atoms with Gasteiger partial charge in [0.2, 0.25) is 0 Å². The predicted molar refractivity (Wildman–Crippen MR) is 106 cm³/mol. The van der Waals surface area contributed by atoms with E-state index in [4.69, 9.17) is 10.00 Å². The molecule has 26 heavy (non-hydrogen) atoms. The first-order valence-corrected chi connectivity index (χ1v) is 10.1. The summed E-state index contributed by atoms with van der Waals surface area (Å²) in [5, 5.41) is 13.5. The molecule has 1 N–H and O–H groups in total. The van der Waals surface area contributed by atoms with E-state index >= 15 is 0 Å². The third kappa shape index (κ3) is 6.42. The number of allylic oxidation sites excluding steroid dienone is 1. The van der Waals surface area contributed by atoms with Crippen LogP contribution in [0.15, 0.2) is 34.6 Å². The predicted octanol–water partition coefficient (Wildman–Crippen LogP) is 4.94. The van der Waals surface area contributed by atoms with Gasteiger partial charge in [-0.05, 0) is 41.9 Å². The van der Waals surface area contributed by atoms with Gasteiger partial charge in [0.1, 0.15) is 5.75 Å². The van der Waals surface area contributed by atoms with Crippen LogP contribution < -0.4 is 10.1 Å². The average molecular weight is 373 g/mol. The van der Waals surface area contributed by atoms with Gasteiger partial charge >= 0.3 is 0 Å². The van der Waals surface area contributed by atoms with Crippen LogP contribution in [0.4, 0.5) is 0 Å². The Morgan fingerprint density at radius 3 is 2.73 bits per heavy atom. The lowest BCUT2D eigenvalue weighted by Crippen LogP contribution is -2.39. The quantitative estimate of drug-likeness (QED) is 0.567.